The molecule has 2 rings (SSSR count). The first kappa shape index (κ1) is 13.1. The Labute approximate surface area is 109 Å². The minimum absolute atomic E-state index is 0.0485. The molecule has 1 aliphatic rings. The molecule has 0 aliphatic heterocycles. The monoisotopic (exact) mass is 246 g/mol. The Bertz CT molecular complexity index is 424. The van der Waals surface area contributed by atoms with Crippen molar-refractivity contribution in [1.82, 2.24) is 10.6 Å². The number of hydrogen-bond acceptors (Lipinski definition) is 2. The maximum atomic E-state index is 12.1. The zero-order chi connectivity index (χ0) is 13.0. The minimum atomic E-state index is 0.0485. The first-order valence-electron chi connectivity index (χ1n) is 6.75. The number of amides is 1. The van der Waals surface area contributed by atoms with Crippen LogP contribution < -0.4 is 10.6 Å². The lowest BCUT2D eigenvalue weighted by molar-refractivity contribution is 0.0935. The molecule has 18 heavy (non-hydrogen) atoms. The Morgan fingerprint density at radius 1 is 1.39 bits per heavy atom. The van der Waals surface area contributed by atoms with E-state index in [4.69, 9.17) is 0 Å². The summed E-state index contributed by atoms with van der Waals surface area (Å²) in [4.78, 5) is 12.1. The molecule has 1 amide bonds. The van der Waals surface area contributed by atoms with Crippen molar-refractivity contribution in [2.24, 2.45) is 0 Å². The lowest BCUT2D eigenvalue weighted by atomic mass is 10.1. The molecule has 3 heteroatoms. The molecule has 0 atom stereocenters. The first-order valence-corrected chi connectivity index (χ1v) is 6.75. The summed E-state index contributed by atoms with van der Waals surface area (Å²) in [5.74, 6) is 0.0485. The third-order valence-electron chi connectivity index (χ3n) is 3.36. The third-order valence-corrected chi connectivity index (χ3v) is 3.36. The average Bonchev–Trinajstić information content (AvgIpc) is 3.07. The van der Waals surface area contributed by atoms with E-state index in [1.54, 1.807) is 0 Å². The van der Waals surface area contributed by atoms with Crippen molar-refractivity contribution >= 4 is 5.91 Å². The van der Waals surface area contributed by atoms with E-state index in [-0.39, 0.29) is 11.4 Å². The van der Waals surface area contributed by atoms with Gasteiger partial charge in [-0.2, -0.15) is 0 Å². The lowest BCUT2D eigenvalue weighted by Crippen LogP contribution is -2.34. The van der Waals surface area contributed by atoms with Gasteiger partial charge in [0.2, 0.25) is 0 Å². The molecule has 1 fully saturated rings. The van der Waals surface area contributed by atoms with Crippen LogP contribution in [0.3, 0.4) is 0 Å². The van der Waals surface area contributed by atoms with Crippen LogP contribution >= 0.6 is 0 Å². The molecule has 0 bridgehead atoms. The van der Waals surface area contributed by atoms with E-state index in [1.165, 1.54) is 0 Å². The number of carbonyl (C=O) groups is 1. The SMILES string of the molecule is CCCNCc1cccc(C(=O)NC2(C)CC2)c1. The Hall–Kier alpha value is -1.35. The van der Waals surface area contributed by atoms with E-state index in [9.17, 15) is 4.79 Å². The normalized spacial score (nSPS) is 16.3. The van der Waals surface area contributed by atoms with Gasteiger partial charge in [0.05, 0.1) is 0 Å². The molecule has 0 unspecified atom stereocenters. The van der Waals surface area contributed by atoms with Crippen LogP contribution in [0.4, 0.5) is 0 Å². The van der Waals surface area contributed by atoms with E-state index in [1.807, 2.05) is 18.2 Å². The first-order chi connectivity index (χ1) is 8.63. The second kappa shape index (κ2) is 5.53. The van der Waals surface area contributed by atoms with Gasteiger partial charge in [0.25, 0.3) is 5.91 Å². The van der Waals surface area contributed by atoms with Crippen LogP contribution in [-0.4, -0.2) is 18.0 Å². The highest BCUT2D eigenvalue weighted by molar-refractivity contribution is 5.95. The topological polar surface area (TPSA) is 41.1 Å². The summed E-state index contributed by atoms with van der Waals surface area (Å²) in [6.45, 7) is 6.07. The molecular formula is C15H22N2O. The Morgan fingerprint density at radius 2 is 2.17 bits per heavy atom. The van der Waals surface area contributed by atoms with Crippen LogP contribution in [0.15, 0.2) is 24.3 Å². The molecule has 0 spiro atoms. The minimum Gasteiger partial charge on any atom is -0.347 e. The lowest BCUT2D eigenvalue weighted by Gasteiger charge is -2.12. The van der Waals surface area contributed by atoms with Crippen molar-refractivity contribution in [3.8, 4) is 0 Å². The van der Waals surface area contributed by atoms with Crippen molar-refractivity contribution in [2.45, 2.75) is 45.2 Å². The molecule has 1 aromatic carbocycles. The molecule has 0 saturated heterocycles. The summed E-state index contributed by atoms with van der Waals surface area (Å²) in [7, 11) is 0. The molecule has 3 nitrogen and oxygen atoms in total. The van der Waals surface area contributed by atoms with Crippen molar-refractivity contribution in [3.05, 3.63) is 35.4 Å². The molecule has 0 radical (unpaired) electrons. The highest BCUT2D eigenvalue weighted by Crippen LogP contribution is 2.34. The molecule has 0 aromatic heterocycles. The number of hydrogen-bond donors (Lipinski definition) is 2. The van der Waals surface area contributed by atoms with E-state index >= 15 is 0 Å². The standard InChI is InChI=1S/C15H22N2O/c1-3-9-16-11-12-5-4-6-13(10-12)14(18)17-15(2)7-8-15/h4-6,10,16H,3,7-9,11H2,1-2H3,(H,17,18). The maximum absolute atomic E-state index is 12.1. The fraction of sp³-hybridized carbons (Fsp3) is 0.533. The Morgan fingerprint density at radius 3 is 2.83 bits per heavy atom. The number of benzene rings is 1. The van der Waals surface area contributed by atoms with Crippen LogP contribution in [0.1, 0.15) is 49.0 Å². The van der Waals surface area contributed by atoms with Gasteiger partial charge in [-0.3, -0.25) is 4.79 Å². The fourth-order valence-corrected chi connectivity index (χ4v) is 1.89. The second-order valence-corrected chi connectivity index (χ2v) is 5.39. The van der Waals surface area contributed by atoms with Crippen LogP contribution in [0.25, 0.3) is 0 Å². The highest BCUT2D eigenvalue weighted by atomic mass is 16.1. The summed E-state index contributed by atoms with van der Waals surface area (Å²) in [5, 5.41) is 6.43. The summed E-state index contributed by atoms with van der Waals surface area (Å²) in [6.07, 6.45) is 3.31. The van der Waals surface area contributed by atoms with Crippen LogP contribution in [0.5, 0.6) is 0 Å². The number of carbonyl (C=O) groups excluding carboxylic acids is 1. The summed E-state index contributed by atoms with van der Waals surface area (Å²) < 4.78 is 0. The zero-order valence-electron chi connectivity index (χ0n) is 11.3. The third kappa shape index (κ3) is 3.57. The zero-order valence-corrected chi connectivity index (χ0v) is 11.3. The van der Waals surface area contributed by atoms with Gasteiger partial charge in [0.15, 0.2) is 0 Å². The van der Waals surface area contributed by atoms with E-state index in [2.05, 4.69) is 30.5 Å². The van der Waals surface area contributed by atoms with Gasteiger partial charge in [-0.25, -0.2) is 0 Å². The van der Waals surface area contributed by atoms with Crippen molar-refractivity contribution < 1.29 is 4.79 Å². The molecule has 1 saturated carbocycles. The van der Waals surface area contributed by atoms with Crippen LogP contribution in [0.2, 0.25) is 0 Å². The average molecular weight is 246 g/mol. The summed E-state index contributed by atoms with van der Waals surface area (Å²) in [6, 6.07) is 7.86. The van der Waals surface area contributed by atoms with Gasteiger partial charge in [0, 0.05) is 17.6 Å². The van der Waals surface area contributed by atoms with Gasteiger partial charge in [-0.05, 0) is 50.4 Å². The van der Waals surface area contributed by atoms with Crippen LogP contribution in [-0.2, 0) is 6.54 Å². The Balaban J connectivity index is 1.95. The number of nitrogens with one attached hydrogen (secondary N) is 2. The molecule has 2 N–H and O–H groups in total. The fourth-order valence-electron chi connectivity index (χ4n) is 1.89. The molecule has 1 aromatic rings. The smallest absolute Gasteiger partial charge is 0.251 e. The quantitative estimate of drug-likeness (QED) is 0.757. The Kier molecular flexibility index (Phi) is 4.02. The van der Waals surface area contributed by atoms with Crippen molar-refractivity contribution in [2.75, 3.05) is 6.54 Å². The van der Waals surface area contributed by atoms with Gasteiger partial charge < -0.3 is 10.6 Å². The molecular weight excluding hydrogens is 224 g/mol. The molecule has 0 heterocycles. The second-order valence-electron chi connectivity index (χ2n) is 5.39. The van der Waals surface area contributed by atoms with Crippen LogP contribution in [0, 0.1) is 0 Å². The van der Waals surface area contributed by atoms with Gasteiger partial charge in [-0.1, -0.05) is 19.1 Å². The van der Waals surface area contributed by atoms with Gasteiger partial charge in [0.1, 0.15) is 0 Å². The largest absolute Gasteiger partial charge is 0.347 e. The van der Waals surface area contributed by atoms with E-state index < -0.39 is 0 Å². The molecule has 1 aliphatic carbocycles. The predicted octanol–water partition coefficient (Wildman–Crippen LogP) is 2.47. The van der Waals surface area contributed by atoms with Gasteiger partial charge >= 0.3 is 0 Å². The summed E-state index contributed by atoms with van der Waals surface area (Å²) in [5.41, 5.74) is 1.98. The van der Waals surface area contributed by atoms with E-state index in [0.717, 1.165) is 43.5 Å². The molecule has 98 valence electrons. The van der Waals surface area contributed by atoms with Crippen molar-refractivity contribution in [1.29, 1.82) is 0 Å². The predicted molar refractivity (Wildman–Crippen MR) is 73.5 cm³/mol. The van der Waals surface area contributed by atoms with Crippen molar-refractivity contribution in [3.63, 3.8) is 0 Å². The highest BCUT2D eigenvalue weighted by Gasteiger charge is 2.38. The maximum Gasteiger partial charge on any atom is 0.251 e. The number of rotatable bonds is 6. The van der Waals surface area contributed by atoms with E-state index in [0.29, 0.717) is 0 Å². The van der Waals surface area contributed by atoms with Gasteiger partial charge in [-0.15, -0.1) is 0 Å². The summed E-state index contributed by atoms with van der Waals surface area (Å²) >= 11 is 0.